The van der Waals surface area contributed by atoms with Crippen molar-refractivity contribution in [3.63, 3.8) is 0 Å². The average Bonchev–Trinajstić information content (AvgIpc) is 3.03. The molecule has 0 aromatic carbocycles. The largest absolute Gasteiger partial charge is 0.256 e. The highest BCUT2D eigenvalue weighted by molar-refractivity contribution is 4.94. The van der Waals surface area contributed by atoms with E-state index < -0.39 is 5.60 Å². The first-order chi connectivity index (χ1) is 6.91. The third-order valence-corrected chi connectivity index (χ3v) is 3.04. The summed E-state index contributed by atoms with van der Waals surface area (Å²) < 4.78 is 0. The quantitative estimate of drug-likeness (QED) is 0.472. The Hall–Kier alpha value is -0.240. The van der Waals surface area contributed by atoms with Crippen LogP contribution in [0.25, 0.3) is 0 Å². The molecule has 0 bridgehead atoms. The lowest BCUT2D eigenvalue weighted by Crippen LogP contribution is -2.53. The van der Waals surface area contributed by atoms with Crippen molar-refractivity contribution in [3.05, 3.63) is 0 Å². The molecule has 0 radical (unpaired) electrons. The molecule has 3 fully saturated rings. The van der Waals surface area contributed by atoms with E-state index in [-0.39, 0.29) is 12.4 Å². The zero-order valence-electron chi connectivity index (χ0n) is 7.64. The van der Waals surface area contributed by atoms with Crippen LogP contribution in [-0.2, 0) is 29.6 Å². The maximum atomic E-state index is 5.21. The normalized spacial score (nSPS) is 37.3. The molecule has 0 aromatic heterocycles. The highest BCUT2D eigenvalue weighted by Gasteiger charge is 2.57. The lowest BCUT2D eigenvalue weighted by molar-refractivity contribution is -0.706. The minimum atomic E-state index is -0.461. The van der Waals surface area contributed by atoms with Crippen LogP contribution in [0.5, 0.6) is 0 Å². The summed E-state index contributed by atoms with van der Waals surface area (Å²) in [5.74, 6) is 0. The molecular weight excluding hydrogens is 192 g/mol. The lowest BCUT2D eigenvalue weighted by Gasteiger charge is -2.40. The zero-order chi connectivity index (χ0) is 9.43. The smallest absolute Gasteiger partial charge is 0.195 e. The van der Waals surface area contributed by atoms with Crippen molar-refractivity contribution in [3.8, 4) is 0 Å². The van der Waals surface area contributed by atoms with E-state index in [0.29, 0.717) is 0 Å². The Balaban J connectivity index is 1.77. The fraction of sp³-hybridized carbons (Fsp3) is 1.00. The van der Waals surface area contributed by atoms with Gasteiger partial charge in [0.05, 0.1) is 0 Å². The third-order valence-electron chi connectivity index (χ3n) is 3.04. The van der Waals surface area contributed by atoms with Crippen LogP contribution in [0, 0.1) is 0 Å². The van der Waals surface area contributed by atoms with Gasteiger partial charge in [0.1, 0.15) is 5.60 Å². The molecule has 1 saturated carbocycles. The lowest BCUT2D eigenvalue weighted by atomic mass is 9.80. The zero-order valence-corrected chi connectivity index (χ0v) is 7.64. The van der Waals surface area contributed by atoms with Crippen molar-refractivity contribution in [2.24, 2.45) is 0 Å². The molecule has 6 heteroatoms. The van der Waals surface area contributed by atoms with Gasteiger partial charge in [-0.2, -0.15) is 19.6 Å². The van der Waals surface area contributed by atoms with Crippen LogP contribution in [0.1, 0.15) is 32.1 Å². The summed E-state index contributed by atoms with van der Waals surface area (Å²) >= 11 is 0. The Bertz CT molecular complexity index is 202. The molecule has 2 aliphatic heterocycles. The minimum Gasteiger partial charge on any atom is -0.195 e. The summed E-state index contributed by atoms with van der Waals surface area (Å²) in [6.07, 6.45) is 4.43. The molecule has 2 heterocycles. The van der Waals surface area contributed by atoms with E-state index in [9.17, 15) is 0 Å². The molecule has 2 saturated heterocycles. The van der Waals surface area contributed by atoms with Gasteiger partial charge < -0.3 is 0 Å². The fourth-order valence-electron chi connectivity index (χ4n) is 2.22. The number of hydrogen-bond acceptors (Lipinski definition) is 6. The Morgan fingerprint density at radius 1 is 0.857 bits per heavy atom. The summed E-state index contributed by atoms with van der Waals surface area (Å²) in [5.41, 5.74) is -0.461. The highest BCUT2D eigenvalue weighted by Crippen LogP contribution is 2.42. The van der Waals surface area contributed by atoms with Crippen molar-refractivity contribution < 1.29 is 29.6 Å². The van der Waals surface area contributed by atoms with Gasteiger partial charge in [0.25, 0.3) is 6.29 Å². The van der Waals surface area contributed by atoms with Crippen LogP contribution in [0.15, 0.2) is 0 Å². The van der Waals surface area contributed by atoms with Crippen LogP contribution < -0.4 is 0 Å². The maximum absolute atomic E-state index is 5.21. The van der Waals surface area contributed by atoms with Gasteiger partial charge in [-0.3, -0.25) is 0 Å². The molecule has 1 unspecified atom stereocenters. The van der Waals surface area contributed by atoms with Gasteiger partial charge in [0, 0.05) is 0 Å². The Morgan fingerprint density at radius 3 is 2.36 bits per heavy atom. The molecule has 0 aromatic rings. The third kappa shape index (κ3) is 1.44. The summed E-state index contributed by atoms with van der Waals surface area (Å²) in [6, 6.07) is 0. The van der Waals surface area contributed by atoms with Gasteiger partial charge in [0.2, 0.25) is 0 Å². The molecule has 0 N–H and O–H groups in total. The second kappa shape index (κ2) is 3.41. The van der Waals surface area contributed by atoms with Crippen molar-refractivity contribution >= 4 is 0 Å². The van der Waals surface area contributed by atoms with Crippen molar-refractivity contribution in [1.29, 1.82) is 0 Å². The predicted octanol–water partition coefficient (Wildman–Crippen LogP) is 1.17. The predicted molar refractivity (Wildman–Crippen MR) is 39.9 cm³/mol. The molecular formula is C8H12O6. The van der Waals surface area contributed by atoms with E-state index in [1.165, 1.54) is 6.42 Å². The van der Waals surface area contributed by atoms with Crippen molar-refractivity contribution in [1.82, 2.24) is 0 Å². The monoisotopic (exact) mass is 204 g/mol. The van der Waals surface area contributed by atoms with E-state index in [1.54, 1.807) is 0 Å². The molecule has 14 heavy (non-hydrogen) atoms. The van der Waals surface area contributed by atoms with Crippen molar-refractivity contribution in [2.45, 2.75) is 50.1 Å². The van der Waals surface area contributed by atoms with Gasteiger partial charge in [0.15, 0.2) is 6.10 Å². The molecule has 80 valence electrons. The minimum absolute atomic E-state index is 0.350. The van der Waals surface area contributed by atoms with E-state index in [1.807, 2.05) is 0 Å². The van der Waals surface area contributed by atoms with Gasteiger partial charge in [-0.05, 0) is 22.9 Å². The average molecular weight is 204 g/mol. The Labute approximate surface area is 80.7 Å². The van der Waals surface area contributed by atoms with Crippen LogP contribution in [-0.4, -0.2) is 18.0 Å². The van der Waals surface area contributed by atoms with Crippen LogP contribution in [0.4, 0.5) is 0 Å². The molecule has 1 spiro atoms. The fourth-order valence-corrected chi connectivity index (χ4v) is 2.22. The van der Waals surface area contributed by atoms with E-state index in [4.69, 9.17) is 19.6 Å². The van der Waals surface area contributed by atoms with Crippen LogP contribution in [0.3, 0.4) is 0 Å². The summed E-state index contributed by atoms with van der Waals surface area (Å²) in [5, 5.41) is 8.77. The number of hydrogen-bond donors (Lipinski definition) is 0. The summed E-state index contributed by atoms with van der Waals surface area (Å²) in [6.45, 7) is 0. The SMILES string of the molecule is C1CCC2(CC1)OOOOC2C1OO1. The summed E-state index contributed by atoms with van der Waals surface area (Å²) in [7, 11) is 0. The molecule has 0 amide bonds. The topological polar surface area (TPSA) is 62.0 Å². The first-order valence-electron chi connectivity index (χ1n) is 4.91. The second-order valence-corrected chi connectivity index (χ2v) is 3.92. The molecule has 1 aliphatic carbocycles. The molecule has 1 atom stereocenters. The first kappa shape index (κ1) is 9.02. The van der Waals surface area contributed by atoms with Gasteiger partial charge in [-0.25, -0.2) is 0 Å². The second-order valence-electron chi connectivity index (χ2n) is 3.92. The van der Waals surface area contributed by atoms with Crippen LogP contribution in [0.2, 0.25) is 0 Å². The highest BCUT2D eigenvalue weighted by atomic mass is 17.7. The van der Waals surface area contributed by atoms with Gasteiger partial charge >= 0.3 is 0 Å². The summed E-state index contributed by atoms with van der Waals surface area (Å²) in [4.78, 5) is 19.7. The number of rotatable bonds is 1. The van der Waals surface area contributed by atoms with Crippen molar-refractivity contribution in [2.75, 3.05) is 0 Å². The molecule has 3 rings (SSSR count). The Kier molecular flexibility index (Phi) is 2.19. The standard InChI is InChI=1S/C8H12O6/c1-2-4-8(5-3-1)6(7-10-11-7)9-13-14-12-8/h6-7H,1-5H2. The molecule has 6 nitrogen and oxygen atoms in total. The van der Waals surface area contributed by atoms with E-state index >= 15 is 0 Å². The maximum Gasteiger partial charge on any atom is 0.256 e. The van der Waals surface area contributed by atoms with E-state index in [0.717, 1.165) is 25.7 Å². The van der Waals surface area contributed by atoms with Gasteiger partial charge in [-0.15, -0.1) is 0 Å². The van der Waals surface area contributed by atoms with E-state index in [2.05, 4.69) is 10.1 Å². The molecule has 3 aliphatic rings. The van der Waals surface area contributed by atoms with Gasteiger partial charge in [-0.1, -0.05) is 19.3 Å². The van der Waals surface area contributed by atoms with Crippen LogP contribution >= 0.6 is 0 Å². The Morgan fingerprint density at radius 2 is 1.64 bits per heavy atom. The first-order valence-corrected chi connectivity index (χ1v) is 4.91.